The molecule has 0 saturated carbocycles. The Morgan fingerprint density at radius 3 is 2.57 bits per heavy atom. The fraction of sp³-hybridized carbons (Fsp3) is 0.458. The molecule has 1 N–H and O–H groups in total. The number of halogens is 1. The van der Waals surface area contributed by atoms with Crippen LogP contribution in [0.15, 0.2) is 59.8 Å². The standard InChI is InChI=1S/C24H31ClN2O3/c1-18(2)16-29-17-22(28)14-27(13-19-6-4-3-5-7-19)15-23-12-24(26-30-23)20-8-10-21(25)11-9-20/h3-11,18,22-23,28H,12-17H2,1-2H3/t22-,23-/m1/s1. The van der Waals surface area contributed by atoms with E-state index in [2.05, 4.69) is 36.0 Å². The first-order chi connectivity index (χ1) is 14.5. The number of aliphatic hydroxyl groups is 1. The van der Waals surface area contributed by atoms with Gasteiger partial charge >= 0.3 is 0 Å². The zero-order valence-electron chi connectivity index (χ0n) is 17.7. The van der Waals surface area contributed by atoms with Gasteiger partial charge in [0.15, 0.2) is 0 Å². The quantitative estimate of drug-likeness (QED) is 0.575. The molecule has 2 atom stereocenters. The lowest BCUT2D eigenvalue weighted by Gasteiger charge is -2.27. The molecule has 30 heavy (non-hydrogen) atoms. The predicted molar refractivity (Wildman–Crippen MR) is 121 cm³/mol. The average Bonchev–Trinajstić information content (AvgIpc) is 3.17. The molecule has 1 aliphatic rings. The summed E-state index contributed by atoms with van der Waals surface area (Å²) in [4.78, 5) is 7.93. The van der Waals surface area contributed by atoms with Crippen LogP contribution in [0.25, 0.3) is 0 Å². The van der Waals surface area contributed by atoms with E-state index in [0.717, 1.165) is 24.2 Å². The molecule has 0 aromatic heterocycles. The number of aliphatic hydroxyl groups excluding tert-OH is 1. The van der Waals surface area contributed by atoms with Crippen molar-refractivity contribution in [3.05, 3.63) is 70.7 Å². The van der Waals surface area contributed by atoms with Crippen LogP contribution in [-0.2, 0) is 16.1 Å². The van der Waals surface area contributed by atoms with Gasteiger partial charge in [-0.05, 0) is 29.2 Å². The van der Waals surface area contributed by atoms with Crippen molar-refractivity contribution < 1.29 is 14.7 Å². The molecule has 0 amide bonds. The molecule has 6 heteroatoms. The Morgan fingerprint density at radius 2 is 1.87 bits per heavy atom. The van der Waals surface area contributed by atoms with Gasteiger partial charge < -0.3 is 14.7 Å². The smallest absolute Gasteiger partial charge is 0.145 e. The van der Waals surface area contributed by atoms with Crippen molar-refractivity contribution >= 4 is 17.3 Å². The first-order valence-electron chi connectivity index (χ1n) is 10.5. The maximum absolute atomic E-state index is 10.5. The van der Waals surface area contributed by atoms with Crippen molar-refractivity contribution in [2.45, 2.75) is 39.0 Å². The summed E-state index contributed by atoms with van der Waals surface area (Å²) in [5.41, 5.74) is 3.15. The van der Waals surface area contributed by atoms with Gasteiger partial charge in [0, 0.05) is 37.7 Å². The minimum absolute atomic E-state index is 0.0526. The zero-order valence-corrected chi connectivity index (χ0v) is 18.5. The van der Waals surface area contributed by atoms with Crippen LogP contribution in [0.3, 0.4) is 0 Å². The van der Waals surface area contributed by atoms with E-state index in [1.807, 2.05) is 42.5 Å². The third-order valence-electron chi connectivity index (χ3n) is 4.85. The number of oxime groups is 1. The van der Waals surface area contributed by atoms with E-state index in [9.17, 15) is 5.11 Å². The summed E-state index contributed by atoms with van der Waals surface area (Å²) in [5, 5.41) is 15.5. The first-order valence-corrected chi connectivity index (χ1v) is 10.9. The molecule has 1 heterocycles. The van der Waals surface area contributed by atoms with Crippen LogP contribution in [0.5, 0.6) is 0 Å². The molecule has 2 aromatic rings. The van der Waals surface area contributed by atoms with Gasteiger partial charge in [0.1, 0.15) is 6.10 Å². The van der Waals surface area contributed by atoms with Crippen LogP contribution in [0.1, 0.15) is 31.4 Å². The van der Waals surface area contributed by atoms with Crippen LogP contribution in [0.2, 0.25) is 5.02 Å². The maximum Gasteiger partial charge on any atom is 0.145 e. The van der Waals surface area contributed by atoms with Gasteiger partial charge in [-0.25, -0.2) is 0 Å². The molecule has 2 aromatic carbocycles. The Hall–Kier alpha value is -1.92. The largest absolute Gasteiger partial charge is 0.390 e. The molecule has 3 rings (SSSR count). The first kappa shape index (κ1) is 22.8. The summed E-state index contributed by atoms with van der Waals surface area (Å²) in [7, 11) is 0. The molecule has 0 bridgehead atoms. The Labute approximate surface area is 184 Å². The Bertz CT molecular complexity index is 796. The second kappa shape index (κ2) is 11.5. The van der Waals surface area contributed by atoms with Gasteiger partial charge in [-0.1, -0.05) is 73.1 Å². The van der Waals surface area contributed by atoms with Gasteiger partial charge in [0.05, 0.1) is 18.4 Å². The molecule has 0 radical (unpaired) electrons. The molecular weight excluding hydrogens is 400 g/mol. The Kier molecular flexibility index (Phi) is 8.70. The Morgan fingerprint density at radius 1 is 1.13 bits per heavy atom. The minimum Gasteiger partial charge on any atom is -0.390 e. The van der Waals surface area contributed by atoms with Crippen LogP contribution in [-0.4, -0.2) is 54.2 Å². The highest BCUT2D eigenvalue weighted by Gasteiger charge is 2.25. The number of rotatable bonds is 11. The van der Waals surface area contributed by atoms with Crippen LogP contribution < -0.4 is 0 Å². The van der Waals surface area contributed by atoms with Gasteiger partial charge in [0.2, 0.25) is 0 Å². The van der Waals surface area contributed by atoms with Crippen molar-refractivity contribution in [2.75, 3.05) is 26.3 Å². The van der Waals surface area contributed by atoms with Gasteiger partial charge in [-0.3, -0.25) is 4.90 Å². The Balaban J connectivity index is 1.57. The van der Waals surface area contributed by atoms with E-state index >= 15 is 0 Å². The van der Waals surface area contributed by atoms with Crippen molar-refractivity contribution in [1.82, 2.24) is 4.90 Å². The minimum atomic E-state index is -0.550. The van der Waals surface area contributed by atoms with E-state index < -0.39 is 6.10 Å². The highest BCUT2D eigenvalue weighted by Crippen LogP contribution is 2.20. The lowest BCUT2D eigenvalue weighted by atomic mass is 10.0. The molecule has 0 fully saturated rings. The zero-order chi connectivity index (χ0) is 21.3. The van der Waals surface area contributed by atoms with Crippen LogP contribution in [0.4, 0.5) is 0 Å². The molecule has 0 spiro atoms. The third kappa shape index (κ3) is 7.40. The molecule has 162 valence electrons. The lowest BCUT2D eigenvalue weighted by molar-refractivity contribution is -0.00734. The highest BCUT2D eigenvalue weighted by atomic mass is 35.5. The second-order valence-corrected chi connectivity index (χ2v) is 8.68. The number of hydrogen-bond donors (Lipinski definition) is 1. The molecule has 1 aliphatic heterocycles. The van der Waals surface area contributed by atoms with Gasteiger partial charge in [0.25, 0.3) is 0 Å². The summed E-state index contributed by atoms with van der Waals surface area (Å²) < 4.78 is 5.62. The van der Waals surface area contributed by atoms with Crippen molar-refractivity contribution in [2.24, 2.45) is 11.1 Å². The van der Waals surface area contributed by atoms with Crippen molar-refractivity contribution in [3.8, 4) is 0 Å². The van der Waals surface area contributed by atoms with E-state index in [0.29, 0.717) is 37.2 Å². The van der Waals surface area contributed by atoms with E-state index in [-0.39, 0.29) is 6.10 Å². The number of nitrogens with zero attached hydrogens (tertiary/aromatic N) is 2. The summed E-state index contributed by atoms with van der Waals surface area (Å²) in [6, 6.07) is 17.9. The molecule has 0 aliphatic carbocycles. The highest BCUT2D eigenvalue weighted by molar-refractivity contribution is 6.30. The molecule has 0 unspecified atom stereocenters. The SMILES string of the molecule is CC(C)COC[C@H](O)CN(Cc1ccccc1)C[C@H]1CC(c2ccc(Cl)cc2)=NO1. The van der Waals surface area contributed by atoms with Crippen molar-refractivity contribution in [3.63, 3.8) is 0 Å². The molecule has 0 saturated heterocycles. The number of benzene rings is 2. The number of ether oxygens (including phenoxy) is 1. The third-order valence-corrected chi connectivity index (χ3v) is 5.10. The maximum atomic E-state index is 10.5. The summed E-state index contributed by atoms with van der Waals surface area (Å²) in [6.45, 7) is 7.12. The fourth-order valence-corrected chi connectivity index (χ4v) is 3.59. The second-order valence-electron chi connectivity index (χ2n) is 8.24. The molecular formula is C24H31ClN2O3. The van der Waals surface area contributed by atoms with E-state index in [1.165, 1.54) is 5.56 Å². The topological polar surface area (TPSA) is 54.3 Å². The average molecular weight is 431 g/mol. The predicted octanol–water partition coefficient (Wildman–Crippen LogP) is 4.37. The van der Waals surface area contributed by atoms with Gasteiger partial charge in [-0.15, -0.1) is 0 Å². The fourth-order valence-electron chi connectivity index (χ4n) is 3.46. The summed E-state index contributed by atoms with van der Waals surface area (Å²) in [5.74, 6) is 0.452. The van der Waals surface area contributed by atoms with E-state index in [4.69, 9.17) is 21.2 Å². The van der Waals surface area contributed by atoms with Crippen molar-refractivity contribution in [1.29, 1.82) is 0 Å². The summed E-state index contributed by atoms with van der Waals surface area (Å²) in [6.07, 6.45) is 0.126. The van der Waals surface area contributed by atoms with Crippen LogP contribution in [0, 0.1) is 5.92 Å². The number of hydrogen-bond acceptors (Lipinski definition) is 5. The monoisotopic (exact) mass is 430 g/mol. The molecule has 5 nitrogen and oxygen atoms in total. The summed E-state index contributed by atoms with van der Waals surface area (Å²) >= 11 is 5.98. The lowest BCUT2D eigenvalue weighted by Crippen LogP contribution is -2.39. The van der Waals surface area contributed by atoms with Crippen LogP contribution >= 0.6 is 11.6 Å². The normalized spacial score (nSPS) is 17.3. The van der Waals surface area contributed by atoms with Gasteiger partial charge in [-0.2, -0.15) is 0 Å². The van der Waals surface area contributed by atoms with E-state index in [1.54, 1.807) is 0 Å².